The molecule has 3 aromatic rings. The number of hydrogen-bond acceptors (Lipinski definition) is 4. The first-order valence-corrected chi connectivity index (χ1v) is 15.6. The van der Waals surface area contributed by atoms with Crippen LogP contribution in [-0.2, 0) is 32.3 Å². The molecule has 3 aromatic carbocycles. The number of nitrogens with zero attached hydrogens (tertiary/aromatic N) is 2. The molecule has 1 atom stereocenters. The Morgan fingerprint density at radius 1 is 0.884 bits per heavy atom. The molecule has 7 nitrogen and oxygen atoms in total. The van der Waals surface area contributed by atoms with Crippen LogP contribution in [0.2, 0.25) is 15.1 Å². The van der Waals surface area contributed by atoms with Crippen molar-refractivity contribution >= 4 is 62.3 Å². The van der Waals surface area contributed by atoms with Crippen molar-refractivity contribution in [3.05, 3.63) is 92.9 Å². The molecule has 2 amide bonds. The maximum Gasteiger partial charge on any atom is 0.417 e. The lowest BCUT2D eigenvalue weighted by Crippen LogP contribution is -2.51. The van der Waals surface area contributed by atoms with E-state index in [-0.39, 0.29) is 27.4 Å². The third-order valence-corrected chi connectivity index (χ3v) is 9.20. The van der Waals surface area contributed by atoms with E-state index in [0.29, 0.717) is 22.5 Å². The van der Waals surface area contributed by atoms with Gasteiger partial charge >= 0.3 is 6.18 Å². The quantitative estimate of drug-likeness (QED) is 0.236. The van der Waals surface area contributed by atoms with Crippen LogP contribution in [0.25, 0.3) is 0 Å². The van der Waals surface area contributed by atoms with Gasteiger partial charge in [-0.2, -0.15) is 13.2 Å². The number of carbonyl (C=O) groups is 2. The summed E-state index contributed by atoms with van der Waals surface area (Å²) in [6.07, 6.45) is -4.90. The van der Waals surface area contributed by atoms with Crippen LogP contribution in [0.4, 0.5) is 18.9 Å². The van der Waals surface area contributed by atoms with Crippen LogP contribution in [0.1, 0.15) is 31.9 Å². The second-order valence-electron chi connectivity index (χ2n) is 10.1. The molecule has 3 rings (SSSR count). The van der Waals surface area contributed by atoms with Gasteiger partial charge in [-0.15, -0.1) is 0 Å². The second kappa shape index (κ2) is 14.2. The molecule has 0 saturated carbocycles. The van der Waals surface area contributed by atoms with Crippen LogP contribution < -0.4 is 9.62 Å². The minimum Gasteiger partial charge on any atom is -0.354 e. The molecule has 43 heavy (non-hydrogen) atoms. The average molecular weight is 679 g/mol. The van der Waals surface area contributed by atoms with E-state index >= 15 is 0 Å². The van der Waals surface area contributed by atoms with Gasteiger partial charge in [0.1, 0.15) is 12.6 Å². The summed E-state index contributed by atoms with van der Waals surface area (Å²) in [5, 5.41) is 2.55. The lowest BCUT2D eigenvalue weighted by atomic mass is 10.1. The van der Waals surface area contributed by atoms with Crippen molar-refractivity contribution in [2.24, 2.45) is 5.92 Å². The fraction of sp³-hybridized carbons (Fsp3) is 0.310. The summed E-state index contributed by atoms with van der Waals surface area (Å²) in [5.74, 6) is -1.26. The highest BCUT2D eigenvalue weighted by Gasteiger charge is 2.37. The van der Waals surface area contributed by atoms with Crippen molar-refractivity contribution in [1.82, 2.24) is 10.2 Å². The third kappa shape index (κ3) is 8.78. The normalized spacial score (nSPS) is 12.6. The Bertz CT molecular complexity index is 1570. The Kier molecular flexibility index (Phi) is 11.4. The summed E-state index contributed by atoms with van der Waals surface area (Å²) in [4.78, 5) is 27.8. The fourth-order valence-corrected chi connectivity index (χ4v) is 5.98. The first kappa shape index (κ1) is 34.5. The van der Waals surface area contributed by atoms with E-state index in [2.05, 4.69) is 5.32 Å². The zero-order valence-corrected chi connectivity index (χ0v) is 26.4. The van der Waals surface area contributed by atoms with Gasteiger partial charge in [-0.05, 0) is 60.9 Å². The molecule has 0 bridgehead atoms. The van der Waals surface area contributed by atoms with Crippen LogP contribution in [-0.4, -0.2) is 44.3 Å². The largest absolute Gasteiger partial charge is 0.417 e. The maximum absolute atomic E-state index is 13.9. The van der Waals surface area contributed by atoms with Crippen molar-refractivity contribution in [2.45, 2.75) is 44.4 Å². The van der Waals surface area contributed by atoms with Gasteiger partial charge in [0, 0.05) is 13.1 Å². The van der Waals surface area contributed by atoms with E-state index in [1.54, 1.807) is 12.1 Å². The zero-order chi connectivity index (χ0) is 32.1. The van der Waals surface area contributed by atoms with Gasteiger partial charge in [-0.1, -0.05) is 72.9 Å². The average Bonchev–Trinajstić information content (AvgIpc) is 2.94. The van der Waals surface area contributed by atoms with Crippen LogP contribution in [0, 0.1) is 5.92 Å². The summed E-state index contributed by atoms with van der Waals surface area (Å²) < 4.78 is 69.4. The molecule has 0 fully saturated rings. The number of carbonyl (C=O) groups excluding carboxylic acids is 2. The van der Waals surface area contributed by atoms with Crippen LogP contribution in [0.5, 0.6) is 0 Å². The van der Waals surface area contributed by atoms with E-state index in [9.17, 15) is 31.2 Å². The Balaban J connectivity index is 2.10. The Morgan fingerprint density at radius 3 is 2.09 bits per heavy atom. The predicted molar refractivity (Wildman–Crippen MR) is 162 cm³/mol. The summed E-state index contributed by atoms with van der Waals surface area (Å²) in [5.41, 5.74) is -1.24. The standard InChI is InChI=1S/C29H29Cl3F3N3O4S/c1-18(2)15-36-28(40)19(3)37(16-20-9-11-25(31)26(32)13-20)27(39)17-38(43(41,42)22-7-5-4-6-8-22)21-10-12-24(30)23(14-21)29(33,34)35/h4-14,18-19H,15-17H2,1-3H3,(H,36,40). The van der Waals surface area contributed by atoms with Crippen LogP contribution in [0.3, 0.4) is 0 Å². The maximum atomic E-state index is 13.9. The van der Waals surface area contributed by atoms with E-state index in [1.165, 1.54) is 43.3 Å². The number of halogens is 6. The summed E-state index contributed by atoms with van der Waals surface area (Å²) in [6, 6.07) is 13.0. The monoisotopic (exact) mass is 677 g/mol. The Labute approximate surface area is 263 Å². The van der Waals surface area contributed by atoms with Crippen LogP contribution in [0.15, 0.2) is 71.6 Å². The van der Waals surface area contributed by atoms with Gasteiger partial charge in [-0.25, -0.2) is 8.42 Å². The predicted octanol–water partition coefficient (Wildman–Crippen LogP) is 7.05. The lowest BCUT2D eigenvalue weighted by molar-refractivity contribution is -0.139. The number of rotatable bonds is 11. The highest BCUT2D eigenvalue weighted by atomic mass is 35.5. The van der Waals surface area contributed by atoms with Crippen molar-refractivity contribution in [3.63, 3.8) is 0 Å². The topological polar surface area (TPSA) is 86.8 Å². The molecule has 14 heteroatoms. The van der Waals surface area contributed by atoms with E-state index in [4.69, 9.17) is 34.8 Å². The molecule has 0 aromatic heterocycles. The third-order valence-electron chi connectivity index (χ3n) is 6.34. The molecular formula is C29H29Cl3F3N3O4S. The van der Waals surface area contributed by atoms with E-state index in [1.807, 2.05) is 13.8 Å². The Morgan fingerprint density at radius 2 is 1.51 bits per heavy atom. The van der Waals surface area contributed by atoms with Crippen molar-refractivity contribution < 1.29 is 31.2 Å². The van der Waals surface area contributed by atoms with Gasteiger partial charge in [0.15, 0.2) is 0 Å². The molecule has 0 spiro atoms. The number of alkyl halides is 3. The van der Waals surface area contributed by atoms with E-state index < -0.39 is 56.9 Å². The number of hydrogen-bond donors (Lipinski definition) is 1. The molecule has 232 valence electrons. The molecule has 1 unspecified atom stereocenters. The van der Waals surface area contributed by atoms with E-state index in [0.717, 1.165) is 17.0 Å². The summed E-state index contributed by atoms with van der Waals surface area (Å²) >= 11 is 18.0. The molecule has 0 aliphatic heterocycles. The minimum atomic E-state index is -4.90. The number of nitrogens with one attached hydrogen (secondary N) is 1. The minimum absolute atomic E-state index is 0.106. The first-order valence-electron chi connectivity index (χ1n) is 13.0. The number of anilines is 1. The first-order chi connectivity index (χ1) is 20.0. The van der Waals surface area contributed by atoms with Crippen LogP contribution >= 0.6 is 34.8 Å². The molecule has 0 aliphatic rings. The fourth-order valence-electron chi connectivity index (χ4n) is 4.00. The number of benzene rings is 3. The van der Waals surface area contributed by atoms with Gasteiger partial charge in [-0.3, -0.25) is 13.9 Å². The highest BCUT2D eigenvalue weighted by Crippen LogP contribution is 2.38. The molecule has 0 radical (unpaired) electrons. The van der Waals surface area contributed by atoms with Gasteiger partial charge in [0.25, 0.3) is 10.0 Å². The number of sulfonamides is 1. The highest BCUT2D eigenvalue weighted by molar-refractivity contribution is 7.92. The van der Waals surface area contributed by atoms with Gasteiger partial charge in [0.05, 0.1) is 31.2 Å². The molecular weight excluding hydrogens is 650 g/mol. The van der Waals surface area contributed by atoms with Crippen molar-refractivity contribution in [3.8, 4) is 0 Å². The van der Waals surface area contributed by atoms with Crippen molar-refractivity contribution in [1.29, 1.82) is 0 Å². The molecule has 0 saturated heterocycles. The lowest BCUT2D eigenvalue weighted by Gasteiger charge is -2.32. The molecule has 0 aliphatic carbocycles. The SMILES string of the molecule is CC(C)CNC(=O)C(C)N(Cc1ccc(Cl)c(Cl)c1)C(=O)CN(c1ccc(Cl)c(C(F)(F)F)c1)S(=O)(=O)c1ccccc1. The summed E-state index contributed by atoms with van der Waals surface area (Å²) in [6.45, 7) is 4.44. The molecule has 1 N–H and O–H groups in total. The van der Waals surface area contributed by atoms with Crippen molar-refractivity contribution in [2.75, 3.05) is 17.4 Å². The smallest absolute Gasteiger partial charge is 0.354 e. The summed E-state index contributed by atoms with van der Waals surface area (Å²) in [7, 11) is -4.57. The number of amides is 2. The van der Waals surface area contributed by atoms with Gasteiger partial charge < -0.3 is 10.2 Å². The zero-order valence-electron chi connectivity index (χ0n) is 23.3. The molecule has 0 heterocycles. The second-order valence-corrected chi connectivity index (χ2v) is 13.2. The Hall–Kier alpha value is -2.99. The van der Waals surface area contributed by atoms with Gasteiger partial charge in [0.2, 0.25) is 11.8 Å².